The number of aromatic amines is 1. The van der Waals surface area contributed by atoms with E-state index in [1.807, 2.05) is 24.3 Å². The van der Waals surface area contributed by atoms with Gasteiger partial charge in [0.05, 0.1) is 5.56 Å². The van der Waals surface area contributed by atoms with Gasteiger partial charge in [-0.15, -0.1) is 0 Å². The fourth-order valence-corrected chi connectivity index (χ4v) is 2.45. The molecule has 0 saturated heterocycles. The van der Waals surface area contributed by atoms with E-state index >= 15 is 0 Å². The summed E-state index contributed by atoms with van der Waals surface area (Å²) >= 11 is 3.38. The Labute approximate surface area is 121 Å². The fraction of sp³-hybridized carbons (Fsp3) is 0.0667. The molecule has 3 aromatic rings. The summed E-state index contributed by atoms with van der Waals surface area (Å²) in [7, 11) is 0. The van der Waals surface area contributed by atoms with Crippen LogP contribution in [0, 0.1) is 0 Å². The highest BCUT2D eigenvalue weighted by molar-refractivity contribution is 9.10. The van der Waals surface area contributed by atoms with Crippen LogP contribution in [0.4, 0.5) is 13.2 Å². The summed E-state index contributed by atoms with van der Waals surface area (Å²) in [4.78, 5) is 3.20. The number of benzene rings is 2. The first kappa shape index (κ1) is 13.2. The summed E-state index contributed by atoms with van der Waals surface area (Å²) in [6.07, 6.45) is -4.30. The number of halogens is 4. The van der Waals surface area contributed by atoms with E-state index in [0.717, 1.165) is 38.8 Å². The Morgan fingerprint density at radius 2 is 1.60 bits per heavy atom. The Morgan fingerprint density at radius 1 is 0.900 bits per heavy atom. The molecule has 0 spiro atoms. The van der Waals surface area contributed by atoms with Crippen molar-refractivity contribution in [1.29, 1.82) is 0 Å². The minimum Gasteiger partial charge on any atom is -0.354 e. The second kappa shape index (κ2) is 4.66. The zero-order chi connectivity index (χ0) is 14.3. The third-order valence-corrected chi connectivity index (χ3v) is 3.60. The second-order valence-corrected chi connectivity index (χ2v) is 5.41. The number of nitrogens with one attached hydrogen (secondary N) is 1. The number of aromatic nitrogens is 1. The van der Waals surface area contributed by atoms with Crippen LogP contribution in [0.25, 0.3) is 22.2 Å². The number of fused-ring (bicyclic) bond motifs is 1. The van der Waals surface area contributed by atoms with Crippen molar-refractivity contribution in [2.75, 3.05) is 0 Å². The predicted molar refractivity (Wildman–Crippen MR) is 76.4 cm³/mol. The summed E-state index contributed by atoms with van der Waals surface area (Å²) in [6, 6.07) is 12.9. The van der Waals surface area contributed by atoms with E-state index in [2.05, 4.69) is 20.9 Å². The zero-order valence-electron chi connectivity index (χ0n) is 10.1. The molecule has 5 heteroatoms. The first-order valence-corrected chi connectivity index (χ1v) is 6.69. The Balaban J connectivity index is 2.02. The summed E-state index contributed by atoms with van der Waals surface area (Å²) < 4.78 is 38.5. The summed E-state index contributed by atoms with van der Waals surface area (Å²) in [5.74, 6) is 0. The Kier molecular flexibility index (Phi) is 3.09. The van der Waals surface area contributed by atoms with Gasteiger partial charge in [0.15, 0.2) is 0 Å². The van der Waals surface area contributed by atoms with Gasteiger partial charge in [-0.05, 0) is 35.9 Å². The summed E-state index contributed by atoms with van der Waals surface area (Å²) in [5.41, 5.74) is 1.83. The van der Waals surface area contributed by atoms with Crippen LogP contribution in [0.5, 0.6) is 0 Å². The number of H-pyrrole nitrogens is 1. The van der Waals surface area contributed by atoms with E-state index in [1.165, 1.54) is 12.1 Å². The number of hydrogen-bond acceptors (Lipinski definition) is 0. The average molecular weight is 340 g/mol. The molecular weight excluding hydrogens is 331 g/mol. The van der Waals surface area contributed by atoms with Crippen molar-refractivity contribution in [1.82, 2.24) is 4.98 Å². The number of hydrogen-bond donors (Lipinski definition) is 1. The largest absolute Gasteiger partial charge is 0.416 e. The van der Waals surface area contributed by atoms with Crippen LogP contribution < -0.4 is 0 Å². The molecule has 1 N–H and O–H groups in total. The fourth-order valence-electron chi connectivity index (χ4n) is 2.09. The van der Waals surface area contributed by atoms with E-state index in [1.54, 1.807) is 0 Å². The van der Waals surface area contributed by atoms with E-state index in [4.69, 9.17) is 0 Å². The Morgan fingerprint density at radius 3 is 2.25 bits per heavy atom. The molecule has 0 amide bonds. The van der Waals surface area contributed by atoms with Gasteiger partial charge in [0.1, 0.15) is 0 Å². The Bertz CT molecular complexity index is 757. The van der Waals surface area contributed by atoms with Crippen molar-refractivity contribution in [3.63, 3.8) is 0 Å². The first-order valence-electron chi connectivity index (χ1n) is 5.89. The molecule has 0 aliphatic carbocycles. The number of rotatable bonds is 1. The standard InChI is InChI=1S/C15H9BrF3N/c16-12-6-3-10-7-13(20-14(10)8-12)9-1-4-11(5-2-9)15(17,18)19/h1-8,20H. The van der Waals surface area contributed by atoms with Gasteiger partial charge in [-0.1, -0.05) is 34.1 Å². The highest BCUT2D eigenvalue weighted by Gasteiger charge is 2.29. The molecule has 0 bridgehead atoms. The zero-order valence-corrected chi connectivity index (χ0v) is 11.7. The second-order valence-electron chi connectivity index (χ2n) is 4.49. The van der Waals surface area contributed by atoms with Gasteiger partial charge in [0.2, 0.25) is 0 Å². The molecule has 2 aromatic carbocycles. The molecule has 0 aliphatic rings. The predicted octanol–water partition coefficient (Wildman–Crippen LogP) is 5.62. The monoisotopic (exact) mass is 339 g/mol. The van der Waals surface area contributed by atoms with Gasteiger partial charge in [0, 0.05) is 21.1 Å². The Hall–Kier alpha value is -1.75. The smallest absolute Gasteiger partial charge is 0.354 e. The van der Waals surface area contributed by atoms with E-state index in [0.29, 0.717) is 0 Å². The van der Waals surface area contributed by atoms with Gasteiger partial charge < -0.3 is 4.98 Å². The van der Waals surface area contributed by atoms with Crippen molar-refractivity contribution in [3.8, 4) is 11.3 Å². The van der Waals surface area contributed by atoms with Crippen LogP contribution in [0.15, 0.2) is 53.0 Å². The third kappa shape index (κ3) is 2.45. The van der Waals surface area contributed by atoms with Crippen molar-refractivity contribution >= 4 is 26.8 Å². The molecule has 1 aromatic heterocycles. The van der Waals surface area contributed by atoms with E-state index in [-0.39, 0.29) is 0 Å². The maximum absolute atomic E-state index is 12.5. The first-order chi connectivity index (χ1) is 9.43. The third-order valence-electron chi connectivity index (χ3n) is 3.11. The van der Waals surface area contributed by atoms with E-state index in [9.17, 15) is 13.2 Å². The molecule has 1 heterocycles. The number of alkyl halides is 3. The maximum Gasteiger partial charge on any atom is 0.416 e. The van der Waals surface area contributed by atoms with E-state index < -0.39 is 11.7 Å². The molecule has 20 heavy (non-hydrogen) atoms. The molecule has 1 nitrogen and oxygen atoms in total. The van der Waals surface area contributed by atoms with Gasteiger partial charge in [-0.3, -0.25) is 0 Å². The lowest BCUT2D eigenvalue weighted by molar-refractivity contribution is -0.137. The topological polar surface area (TPSA) is 15.8 Å². The van der Waals surface area contributed by atoms with Gasteiger partial charge >= 0.3 is 6.18 Å². The SMILES string of the molecule is FC(F)(F)c1ccc(-c2cc3ccc(Br)cc3[nH]2)cc1. The van der Waals surface area contributed by atoms with Crippen LogP contribution in [0.2, 0.25) is 0 Å². The highest BCUT2D eigenvalue weighted by Crippen LogP contribution is 2.31. The lowest BCUT2D eigenvalue weighted by Crippen LogP contribution is -2.03. The van der Waals surface area contributed by atoms with Crippen LogP contribution in [0.1, 0.15) is 5.56 Å². The molecule has 0 aliphatic heterocycles. The van der Waals surface area contributed by atoms with Crippen molar-refractivity contribution in [3.05, 3.63) is 58.6 Å². The van der Waals surface area contributed by atoms with Gasteiger partial charge in [-0.2, -0.15) is 13.2 Å². The van der Waals surface area contributed by atoms with Gasteiger partial charge in [-0.25, -0.2) is 0 Å². The minimum atomic E-state index is -4.30. The van der Waals surface area contributed by atoms with Crippen molar-refractivity contribution in [2.24, 2.45) is 0 Å². The lowest BCUT2D eigenvalue weighted by atomic mass is 10.1. The molecular formula is C15H9BrF3N. The van der Waals surface area contributed by atoms with Crippen LogP contribution in [-0.2, 0) is 6.18 Å². The summed E-state index contributed by atoms with van der Waals surface area (Å²) in [5, 5.41) is 1.02. The van der Waals surface area contributed by atoms with Crippen LogP contribution in [-0.4, -0.2) is 4.98 Å². The lowest BCUT2D eigenvalue weighted by Gasteiger charge is -2.06. The van der Waals surface area contributed by atoms with Crippen molar-refractivity contribution in [2.45, 2.75) is 6.18 Å². The van der Waals surface area contributed by atoms with Crippen LogP contribution >= 0.6 is 15.9 Å². The van der Waals surface area contributed by atoms with Crippen molar-refractivity contribution < 1.29 is 13.2 Å². The normalized spacial score (nSPS) is 12.0. The quantitative estimate of drug-likeness (QED) is 0.592. The summed E-state index contributed by atoms with van der Waals surface area (Å²) in [6.45, 7) is 0. The molecule has 0 unspecified atom stereocenters. The van der Waals surface area contributed by atoms with Crippen LogP contribution in [0.3, 0.4) is 0 Å². The molecule has 0 saturated carbocycles. The molecule has 0 fully saturated rings. The van der Waals surface area contributed by atoms with Gasteiger partial charge in [0.25, 0.3) is 0 Å². The average Bonchev–Trinajstić information content (AvgIpc) is 2.80. The molecule has 0 atom stereocenters. The molecule has 102 valence electrons. The molecule has 0 radical (unpaired) electrons. The maximum atomic E-state index is 12.5. The highest BCUT2D eigenvalue weighted by atomic mass is 79.9. The minimum absolute atomic E-state index is 0.639. The molecule has 3 rings (SSSR count).